The van der Waals surface area contributed by atoms with E-state index in [9.17, 15) is 15.3 Å². The first-order valence-corrected chi connectivity index (χ1v) is 17.7. The summed E-state index contributed by atoms with van der Waals surface area (Å²) in [4.78, 5) is 10.9. The Hall–Kier alpha value is -1.73. The van der Waals surface area contributed by atoms with Crippen LogP contribution < -0.4 is 0 Å². The van der Waals surface area contributed by atoms with Gasteiger partial charge in [0.2, 0.25) is 0 Å². The number of aromatic hydroxyl groups is 1. The highest BCUT2D eigenvalue weighted by Gasteiger charge is 2.23. The molecule has 2 aliphatic rings. The molecule has 2 aromatic carbocycles. The molecule has 2 fully saturated rings. The van der Waals surface area contributed by atoms with Gasteiger partial charge in [-0.2, -0.15) is 0 Å². The zero-order chi connectivity index (χ0) is 29.5. The van der Waals surface area contributed by atoms with Gasteiger partial charge in [-0.05, 0) is 43.0 Å². The molecule has 2 saturated heterocycles. The highest BCUT2D eigenvalue weighted by atomic mass is 32.9. The predicted octanol–water partition coefficient (Wildman–Crippen LogP) is 4.89. The summed E-state index contributed by atoms with van der Waals surface area (Å²) in [7, 11) is 3.39. The maximum atomic E-state index is 11.6. The lowest BCUT2D eigenvalue weighted by Gasteiger charge is -2.35. The van der Waals surface area contributed by atoms with Gasteiger partial charge in [0.25, 0.3) is 0 Å². The van der Waals surface area contributed by atoms with Crippen LogP contribution in [0.2, 0.25) is 0 Å². The number of aryl methyl sites for hydroxylation is 1. The van der Waals surface area contributed by atoms with Gasteiger partial charge in [-0.25, -0.2) is 0 Å². The van der Waals surface area contributed by atoms with Crippen molar-refractivity contribution in [1.29, 1.82) is 0 Å². The lowest BCUT2D eigenvalue weighted by atomic mass is 9.97. The predicted molar refractivity (Wildman–Crippen MR) is 177 cm³/mol. The molecule has 0 atom stereocenters. The number of benzene rings is 2. The molecule has 0 aliphatic carbocycles. The first-order valence-electron chi connectivity index (χ1n) is 15.1. The Labute approximate surface area is 262 Å². The van der Waals surface area contributed by atoms with Crippen molar-refractivity contribution in [2.24, 2.45) is 0 Å². The van der Waals surface area contributed by atoms with E-state index in [1.54, 1.807) is 20.7 Å². The summed E-state index contributed by atoms with van der Waals surface area (Å²) in [5.74, 6) is 0.417. The average Bonchev–Trinajstić information content (AvgIpc) is 3.39. The van der Waals surface area contributed by atoms with Crippen molar-refractivity contribution in [3.63, 3.8) is 0 Å². The maximum absolute atomic E-state index is 11.6. The standard InChI is InChI=1S/C32H44N4O3S3/c1-24-4-6-25(7-5-24)29-31(41-42-32(29)40)26-20-27(22-35-14-10-33(11-15-35)8-2-18-37)30(39)28(21-26)23-36-16-12-34(13-17-36)9-3-19-38/h4-7,20-21,37-39H,2-3,8-19,22-23H2,1H3. The van der Waals surface area contributed by atoms with E-state index in [1.165, 1.54) is 10.4 Å². The third-order valence-electron chi connectivity index (χ3n) is 8.48. The molecule has 0 spiro atoms. The van der Waals surface area contributed by atoms with E-state index in [0.29, 0.717) is 18.8 Å². The second-order valence-corrected chi connectivity index (χ2v) is 14.4. The number of hydrogen-bond donors (Lipinski definition) is 3. The molecule has 3 heterocycles. The van der Waals surface area contributed by atoms with Crippen LogP contribution in [-0.2, 0) is 13.1 Å². The van der Waals surface area contributed by atoms with Crippen LogP contribution in [0, 0.1) is 10.7 Å². The van der Waals surface area contributed by atoms with Crippen LogP contribution in [0.15, 0.2) is 36.4 Å². The topological polar surface area (TPSA) is 73.7 Å². The minimum Gasteiger partial charge on any atom is -0.507 e. The smallest absolute Gasteiger partial charge is 0.124 e. The number of rotatable bonds is 12. The van der Waals surface area contributed by atoms with E-state index < -0.39 is 0 Å². The van der Waals surface area contributed by atoms with E-state index in [4.69, 9.17) is 12.2 Å². The van der Waals surface area contributed by atoms with Gasteiger partial charge in [0, 0.05) is 108 Å². The van der Waals surface area contributed by atoms with Crippen molar-refractivity contribution in [3.05, 3.63) is 56.9 Å². The first-order chi connectivity index (χ1) is 20.4. The van der Waals surface area contributed by atoms with Gasteiger partial charge in [-0.15, -0.1) is 0 Å². The van der Waals surface area contributed by atoms with Crippen molar-refractivity contribution in [1.82, 2.24) is 19.6 Å². The second kappa shape index (κ2) is 15.3. The molecule has 0 saturated carbocycles. The van der Waals surface area contributed by atoms with Gasteiger partial charge in [-0.1, -0.05) is 62.7 Å². The van der Waals surface area contributed by atoms with Crippen LogP contribution in [0.5, 0.6) is 5.75 Å². The average molecular weight is 629 g/mol. The Morgan fingerprint density at radius 1 is 0.690 bits per heavy atom. The van der Waals surface area contributed by atoms with Crippen LogP contribution in [0.4, 0.5) is 0 Å². The molecular weight excluding hydrogens is 585 g/mol. The molecule has 1 aromatic heterocycles. The summed E-state index contributed by atoms with van der Waals surface area (Å²) in [6, 6.07) is 13.0. The van der Waals surface area contributed by atoms with Gasteiger partial charge in [0.1, 0.15) is 9.57 Å². The SMILES string of the molecule is Cc1ccc(-c2c(-c3cc(CN4CCN(CCCO)CC4)c(O)c(CN4CCN(CCCO)CC4)c3)ssc2=S)cc1. The largest absolute Gasteiger partial charge is 0.507 e. The zero-order valence-corrected chi connectivity index (χ0v) is 27.1. The number of phenols is 1. The molecule has 3 aromatic rings. The van der Waals surface area contributed by atoms with Crippen molar-refractivity contribution in [3.8, 4) is 27.3 Å². The lowest BCUT2D eigenvalue weighted by Crippen LogP contribution is -2.46. The fraction of sp³-hybridized carbons (Fsp3) is 0.531. The van der Waals surface area contributed by atoms with Gasteiger partial charge < -0.3 is 25.1 Å². The van der Waals surface area contributed by atoms with E-state index in [1.807, 2.05) is 0 Å². The molecule has 0 amide bonds. The Kier molecular flexibility index (Phi) is 11.6. The molecule has 0 unspecified atom stereocenters. The van der Waals surface area contributed by atoms with Crippen molar-refractivity contribution in [2.45, 2.75) is 32.9 Å². The Morgan fingerprint density at radius 2 is 1.17 bits per heavy atom. The van der Waals surface area contributed by atoms with Crippen LogP contribution in [-0.4, -0.2) is 114 Å². The Balaban J connectivity index is 1.42. The summed E-state index contributed by atoms with van der Waals surface area (Å²) in [5, 5.41) is 30.0. The molecular formula is C32H44N4O3S3. The number of nitrogens with zero attached hydrogens (tertiary/aromatic N) is 4. The number of phenolic OH excluding ortho intramolecular Hbond substituents is 1. The summed E-state index contributed by atoms with van der Waals surface area (Å²) in [6.45, 7) is 13.6. The van der Waals surface area contributed by atoms with Gasteiger partial charge >= 0.3 is 0 Å². The number of hydrogen-bond acceptors (Lipinski definition) is 10. The second-order valence-electron chi connectivity index (χ2n) is 11.6. The molecule has 10 heteroatoms. The van der Waals surface area contributed by atoms with E-state index in [2.05, 4.69) is 62.9 Å². The maximum Gasteiger partial charge on any atom is 0.124 e. The van der Waals surface area contributed by atoms with Crippen LogP contribution in [0.3, 0.4) is 0 Å². The summed E-state index contributed by atoms with van der Waals surface area (Å²) in [6.07, 6.45) is 1.63. The normalized spacial score (nSPS) is 17.7. The Morgan fingerprint density at radius 3 is 1.64 bits per heavy atom. The fourth-order valence-corrected chi connectivity index (χ4v) is 8.86. The summed E-state index contributed by atoms with van der Waals surface area (Å²) >= 11 is 5.85. The highest BCUT2D eigenvalue weighted by Crippen LogP contribution is 2.43. The Bertz CT molecular complexity index is 1290. The van der Waals surface area contributed by atoms with Gasteiger partial charge in [-0.3, -0.25) is 9.80 Å². The molecule has 228 valence electrons. The van der Waals surface area contributed by atoms with Crippen molar-refractivity contribution < 1.29 is 15.3 Å². The number of aliphatic hydroxyl groups excluding tert-OH is 2. The van der Waals surface area contributed by atoms with Crippen molar-refractivity contribution >= 4 is 32.9 Å². The van der Waals surface area contributed by atoms with Crippen LogP contribution in [0.1, 0.15) is 29.5 Å². The van der Waals surface area contributed by atoms with E-state index in [0.717, 1.165) is 110 Å². The summed E-state index contributed by atoms with van der Waals surface area (Å²) < 4.78 is 0.910. The van der Waals surface area contributed by atoms with Crippen molar-refractivity contribution in [2.75, 3.05) is 78.7 Å². The molecule has 0 radical (unpaired) electrons. The fourth-order valence-electron chi connectivity index (χ4n) is 5.96. The molecule has 0 bridgehead atoms. The molecule has 5 rings (SSSR count). The minimum absolute atomic E-state index is 0.238. The van der Waals surface area contributed by atoms with Crippen LogP contribution >= 0.6 is 32.9 Å². The first kappa shape index (κ1) is 31.7. The van der Waals surface area contributed by atoms with Gasteiger partial charge in [0.15, 0.2) is 0 Å². The molecule has 42 heavy (non-hydrogen) atoms. The number of aliphatic hydroxyl groups is 2. The van der Waals surface area contributed by atoms with Crippen LogP contribution in [0.25, 0.3) is 21.6 Å². The third-order valence-corrected chi connectivity index (χ3v) is 11.6. The quantitative estimate of drug-likeness (QED) is 0.194. The molecule has 7 nitrogen and oxygen atoms in total. The monoisotopic (exact) mass is 628 g/mol. The summed E-state index contributed by atoms with van der Waals surface area (Å²) in [5.41, 5.74) is 6.59. The zero-order valence-electron chi connectivity index (χ0n) is 24.6. The molecule has 3 N–H and O–H groups in total. The lowest BCUT2D eigenvalue weighted by molar-refractivity contribution is 0.117. The highest BCUT2D eigenvalue weighted by molar-refractivity contribution is 7.80. The number of piperazine rings is 2. The third kappa shape index (κ3) is 8.05. The minimum atomic E-state index is 0.238. The van der Waals surface area contributed by atoms with Gasteiger partial charge in [0.05, 0.1) is 4.88 Å². The molecule has 2 aliphatic heterocycles. The van der Waals surface area contributed by atoms with E-state index in [-0.39, 0.29) is 13.2 Å². The van der Waals surface area contributed by atoms with E-state index >= 15 is 0 Å².